The van der Waals surface area contributed by atoms with E-state index < -0.39 is 12.1 Å². The molecule has 0 bridgehead atoms. The normalized spacial score (nSPS) is 12.8. The van der Waals surface area contributed by atoms with Crippen molar-refractivity contribution in [1.82, 2.24) is 5.32 Å². The van der Waals surface area contributed by atoms with Crippen LogP contribution in [-0.4, -0.2) is 47.4 Å². The van der Waals surface area contributed by atoms with Gasteiger partial charge in [0.15, 0.2) is 0 Å². The fourth-order valence-electron chi connectivity index (χ4n) is 9.97. The minimum Gasteiger partial charge on any atom is -0.466 e. The Hall–Kier alpha value is -1.92. The first kappa shape index (κ1) is 70.1. The summed E-state index contributed by atoms with van der Waals surface area (Å²) >= 11 is 0. The molecule has 0 aromatic heterocycles. The van der Waals surface area contributed by atoms with Crippen LogP contribution in [0.4, 0.5) is 0 Å². The maximum atomic E-state index is 12.5. The second kappa shape index (κ2) is 61.6. The summed E-state index contributed by atoms with van der Waals surface area (Å²) in [5.74, 6) is -0.0424. The summed E-state index contributed by atoms with van der Waals surface area (Å²) in [7, 11) is 0. The van der Waals surface area contributed by atoms with E-state index in [-0.39, 0.29) is 18.5 Å². The van der Waals surface area contributed by atoms with Gasteiger partial charge in [0.05, 0.1) is 25.4 Å². The first-order valence-electron chi connectivity index (χ1n) is 32.2. The molecule has 2 atom stereocenters. The average molecular weight is 1010 g/mol. The van der Waals surface area contributed by atoms with E-state index in [0.29, 0.717) is 25.9 Å². The Bertz CT molecular complexity index is 1170. The van der Waals surface area contributed by atoms with Crippen LogP contribution in [0, 0.1) is 0 Å². The van der Waals surface area contributed by atoms with Crippen molar-refractivity contribution in [2.75, 3.05) is 13.2 Å². The van der Waals surface area contributed by atoms with Gasteiger partial charge in [-0.2, -0.15) is 0 Å². The Morgan fingerprint density at radius 1 is 0.389 bits per heavy atom. The van der Waals surface area contributed by atoms with Gasteiger partial charge < -0.3 is 20.3 Å². The van der Waals surface area contributed by atoms with Crippen molar-refractivity contribution in [1.29, 1.82) is 0 Å². The summed E-state index contributed by atoms with van der Waals surface area (Å²) in [6, 6.07) is -0.547. The van der Waals surface area contributed by atoms with Crippen molar-refractivity contribution in [2.45, 2.75) is 360 Å². The van der Waals surface area contributed by atoms with Crippen molar-refractivity contribution in [2.24, 2.45) is 0 Å². The van der Waals surface area contributed by atoms with Gasteiger partial charge in [-0.1, -0.05) is 294 Å². The standard InChI is InChI=1S/C66H125NO5/c1-3-5-7-9-11-13-15-17-18-19-25-28-31-35-38-42-46-50-54-58-64(69)63(62-68)67-65(70)59-55-51-47-43-39-36-32-29-26-23-21-20-22-24-27-30-33-37-41-45-49-53-57-61-72-66(71)60-56-52-48-44-40-34-16-14-12-10-8-6-4-2/h8,10,14,16,23,26,63-64,68-69H,3-7,9,11-13,15,17-22,24-25,27-62H2,1-2H3,(H,67,70)/b10-8-,16-14-,26-23-. The first-order valence-corrected chi connectivity index (χ1v) is 32.2. The third-order valence-corrected chi connectivity index (χ3v) is 14.9. The van der Waals surface area contributed by atoms with Crippen LogP contribution < -0.4 is 5.32 Å². The van der Waals surface area contributed by atoms with Gasteiger partial charge in [-0.3, -0.25) is 9.59 Å². The number of allylic oxidation sites excluding steroid dienone is 6. The highest BCUT2D eigenvalue weighted by Gasteiger charge is 2.20. The van der Waals surface area contributed by atoms with Crippen molar-refractivity contribution in [3.63, 3.8) is 0 Å². The van der Waals surface area contributed by atoms with Gasteiger partial charge in [0.25, 0.3) is 0 Å². The van der Waals surface area contributed by atoms with E-state index in [2.05, 4.69) is 55.6 Å². The molecule has 0 aromatic carbocycles. The van der Waals surface area contributed by atoms with Gasteiger partial charge in [-0.05, 0) is 77.0 Å². The predicted molar refractivity (Wildman–Crippen MR) is 315 cm³/mol. The van der Waals surface area contributed by atoms with E-state index in [1.165, 1.54) is 263 Å². The van der Waals surface area contributed by atoms with E-state index in [1.54, 1.807) is 0 Å². The number of unbranched alkanes of at least 4 members (excludes halogenated alkanes) is 43. The molecule has 0 aliphatic heterocycles. The summed E-state index contributed by atoms with van der Waals surface area (Å²) < 4.78 is 5.47. The molecule has 1 amide bonds. The van der Waals surface area contributed by atoms with E-state index in [1.807, 2.05) is 0 Å². The predicted octanol–water partition coefficient (Wildman–Crippen LogP) is 20.4. The molecule has 2 unspecified atom stereocenters. The number of amides is 1. The highest BCUT2D eigenvalue weighted by Crippen LogP contribution is 2.18. The van der Waals surface area contributed by atoms with Gasteiger partial charge in [-0.25, -0.2) is 0 Å². The minimum absolute atomic E-state index is 0.00365. The lowest BCUT2D eigenvalue weighted by Crippen LogP contribution is -2.45. The lowest BCUT2D eigenvalue weighted by atomic mass is 10.0. The van der Waals surface area contributed by atoms with Gasteiger partial charge in [0.2, 0.25) is 5.91 Å². The number of carbonyl (C=O) groups is 2. The fraction of sp³-hybridized carbons (Fsp3) is 0.879. The van der Waals surface area contributed by atoms with Crippen molar-refractivity contribution in [3.8, 4) is 0 Å². The second-order valence-corrected chi connectivity index (χ2v) is 22.1. The number of rotatable bonds is 60. The van der Waals surface area contributed by atoms with Crippen LogP contribution in [0.5, 0.6) is 0 Å². The Morgan fingerprint density at radius 3 is 1.12 bits per heavy atom. The van der Waals surface area contributed by atoms with Gasteiger partial charge in [0, 0.05) is 12.8 Å². The fourth-order valence-corrected chi connectivity index (χ4v) is 9.97. The largest absolute Gasteiger partial charge is 0.466 e. The Kier molecular flexibility index (Phi) is 60.0. The van der Waals surface area contributed by atoms with Crippen molar-refractivity contribution in [3.05, 3.63) is 36.5 Å². The zero-order valence-corrected chi connectivity index (χ0v) is 48.4. The smallest absolute Gasteiger partial charge is 0.305 e. The summed E-state index contributed by atoms with van der Waals surface area (Å²) in [4.78, 5) is 24.5. The summed E-state index contributed by atoms with van der Waals surface area (Å²) in [5.41, 5.74) is 0. The van der Waals surface area contributed by atoms with Gasteiger partial charge >= 0.3 is 5.97 Å². The Labute approximate surface area is 449 Å². The van der Waals surface area contributed by atoms with E-state index in [9.17, 15) is 19.8 Å². The zero-order chi connectivity index (χ0) is 52.2. The highest BCUT2D eigenvalue weighted by molar-refractivity contribution is 5.76. The molecule has 0 spiro atoms. The lowest BCUT2D eigenvalue weighted by Gasteiger charge is -2.22. The average Bonchev–Trinajstić information content (AvgIpc) is 3.38. The Morgan fingerprint density at radius 2 is 0.722 bits per heavy atom. The second-order valence-electron chi connectivity index (χ2n) is 22.1. The van der Waals surface area contributed by atoms with Crippen molar-refractivity contribution >= 4 is 11.9 Å². The maximum Gasteiger partial charge on any atom is 0.305 e. The van der Waals surface area contributed by atoms with Gasteiger partial charge in [-0.15, -0.1) is 0 Å². The summed E-state index contributed by atoms with van der Waals surface area (Å²) in [6.45, 7) is 4.90. The molecule has 0 fully saturated rings. The molecule has 72 heavy (non-hydrogen) atoms. The molecule has 6 nitrogen and oxygen atoms in total. The van der Waals surface area contributed by atoms with Crippen LogP contribution in [0.2, 0.25) is 0 Å². The maximum absolute atomic E-state index is 12.5. The molecular formula is C66H125NO5. The van der Waals surface area contributed by atoms with Crippen molar-refractivity contribution < 1.29 is 24.5 Å². The van der Waals surface area contributed by atoms with Crippen LogP contribution >= 0.6 is 0 Å². The number of aliphatic hydroxyl groups is 2. The molecule has 0 radical (unpaired) electrons. The lowest BCUT2D eigenvalue weighted by molar-refractivity contribution is -0.143. The third-order valence-electron chi connectivity index (χ3n) is 14.9. The molecule has 0 rings (SSSR count). The molecule has 6 heteroatoms. The number of ether oxygens (including phenoxy) is 1. The molecule has 3 N–H and O–H groups in total. The molecule has 0 aromatic rings. The Balaban J connectivity index is 3.42. The van der Waals surface area contributed by atoms with E-state index in [0.717, 1.165) is 51.4 Å². The third kappa shape index (κ3) is 57.4. The monoisotopic (exact) mass is 1010 g/mol. The number of carbonyl (C=O) groups excluding carboxylic acids is 2. The van der Waals surface area contributed by atoms with E-state index in [4.69, 9.17) is 4.74 Å². The topological polar surface area (TPSA) is 95.9 Å². The molecular weight excluding hydrogens is 887 g/mol. The van der Waals surface area contributed by atoms with Crippen LogP contribution in [0.3, 0.4) is 0 Å². The highest BCUT2D eigenvalue weighted by atomic mass is 16.5. The first-order chi connectivity index (χ1) is 35.5. The van der Waals surface area contributed by atoms with E-state index >= 15 is 0 Å². The van der Waals surface area contributed by atoms with Crippen LogP contribution in [0.1, 0.15) is 348 Å². The molecule has 0 saturated heterocycles. The quantitative estimate of drug-likeness (QED) is 0.0320. The van der Waals surface area contributed by atoms with Gasteiger partial charge in [0.1, 0.15) is 0 Å². The number of nitrogens with one attached hydrogen (secondary N) is 1. The van der Waals surface area contributed by atoms with Crippen LogP contribution in [0.25, 0.3) is 0 Å². The minimum atomic E-state index is -0.669. The molecule has 424 valence electrons. The molecule has 0 aliphatic rings. The molecule has 0 heterocycles. The number of aliphatic hydroxyl groups excluding tert-OH is 2. The van der Waals surface area contributed by atoms with Crippen LogP contribution in [0.15, 0.2) is 36.5 Å². The number of hydrogen-bond acceptors (Lipinski definition) is 5. The number of hydrogen-bond donors (Lipinski definition) is 3. The number of esters is 1. The van der Waals surface area contributed by atoms with Crippen LogP contribution in [-0.2, 0) is 14.3 Å². The summed E-state index contributed by atoms with van der Waals surface area (Å²) in [6.07, 6.45) is 77.3. The molecule has 0 saturated carbocycles. The zero-order valence-electron chi connectivity index (χ0n) is 48.4. The molecule has 0 aliphatic carbocycles. The SMILES string of the molecule is CCC/C=C\C/C=C\CCCCCCCC(=O)OCCCCCCCCCCCCCC/C=C\CCCCCCCCCC(=O)NC(CO)C(O)CCCCCCCCCCCCCCCCCCCCC. The summed E-state index contributed by atoms with van der Waals surface area (Å²) in [5, 5.41) is 23.4.